The molecular weight excluding hydrogens is 156 g/mol. The quantitative estimate of drug-likeness (QED) is 0.356. The Kier molecular flexibility index (Phi) is 6.50. The molecule has 0 rings (SSSR count). The number of hydrogen-bond acceptors (Lipinski definition) is 2. The smallest absolute Gasteiger partial charge is 0.155 e. The van der Waals surface area contributed by atoms with Crippen LogP contribution in [0.25, 0.3) is 0 Å². The van der Waals surface area contributed by atoms with Crippen LogP contribution in [0.3, 0.4) is 0 Å². The second kappa shape index (κ2) is 4.88. The van der Waals surface area contributed by atoms with Gasteiger partial charge in [-0.25, -0.2) is 0 Å². The van der Waals surface area contributed by atoms with Crippen molar-refractivity contribution < 1.29 is 27.0 Å². The van der Waals surface area contributed by atoms with E-state index in [1.165, 1.54) is 19.9 Å². The predicted molar refractivity (Wildman–Crippen MR) is 27.1 cm³/mol. The summed E-state index contributed by atoms with van der Waals surface area (Å²) in [4.78, 5) is 10.0. The summed E-state index contributed by atoms with van der Waals surface area (Å²) in [7, 11) is 0. The van der Waals surface area contributed by atoms with E-state index in [9.17, 15) is 4.79 Å². The first-order valence-corrected chi connectivity index (χ1v) is 2.01. The third-order valence-corrected chi connectivity index (χ3v) is 0.412. The van der Waals surface area contributed by atoms with E-state index in [1.807, 2.05) is 0 Å². The molecular formula is C5H8CuO2. The zero-order valence-electron chi connectivity index (χ0n) is 4.73. The summed E-state index contributed by atoms with van der Waals surface area (Å²) in [5, 5.41) is 8.36. The van der Waals surface area contributed by atoms with Gasteiger partial charge in [0.2, 0.25) is 0 Å². The Morgan fingerprint density at radius 1 is 1.50 bits per heavy atom. The molecule has 0 aliphatic rings. The number of carbonyl (C=O) groups is 1. The van der Waals surface area contributed by atoms with Crippen molar-refractivity contribution in [3.05, 3.63) is 11.8 Å². The molecule has 0 atom stereocenters. The number of carbonyl (C=O) groups excluding carboxylic acids is 1. The third kappa shape index (κ3) is 9.21. The maximum absolute atomic E-state index is 10.0. The van der Waals surface area contributed by atoms with Gasteiger partial charge in [-0.05, 0) is 13.8 Å². The van der Waals surface area contributed by atoms with Gasteiger partial charge < -0.3 is 5.11 Å². The molecule has 0 aliphatic heterocycles. The molecule has 1 N–H and O–H groups in total. The Hall–Kier alpha value is -0.271. The molecule has 0 saturated carbocycles. The fraction of sp³-hybridized carbons (Fsp3) is 0.400. The topological polar surface area (TPSA) is 37.3 Å². The summed E-state index contributed by atoms with van der Waals surface area (Å²) in [6.07, 6.45) is 1.17. The molecule has 0 aromatic heterocycles. The van der Waals surface area contributed by atoms with E-state index in [4.69, 9.17) is 5.11 Å². The van der Waals surface area contributed by atoms with E-state index < -0.39 is 0 Å². The average molecular weight is 164 g/mol. The van der Waals surface area contributed by atoms with Gasteiger partial charge in [0, 0.05) is 23.1 Å². The first-order valence-electron chi connectivity index (χ1n) is 2.01. The molecule has 0 heterocycles. The van der Waals surface area contributed by atoms with Crippen LogP contribution in [0.2, 0.25) is 0 Å². The molecule has 0 bridgehead atoms. The number of ketones is 1. The largest absolute Gasteiger partial charge is 0.512 e. The van der Waals surface area contributed by atoms with Crippen LogP contribution >= 0.6 is 0 Å². The van der Waals surface area contributed by atoms with Crippen LogP contribution in [0, 0.1) is 0 Å². The molecule has 0 amide bonds. The monoisotopic (exact) mass is 163 g/mol. The molecule has 0 aromatic carbocycles. The Labute approximate surface area is 59.1 Å². The minimum absolute atomic E-state index is 0. The zero-order chi connectivity index (χ0) is 5.86. The first-order chi connectivity index (χ1) is 3.13. The Balaban J connectivity index is 0. The van der Waals surface area contributed by atoms with Crippen LogP contribution < -0.4 is 0 Å². The van der Waals surface area contributed by atoms with Crippen LogP contribution in [0.15, 0.2) is 11.8 Å². The van der Waals surface area contributed by atoms with E-state index >= 15 is 0 Å². The molecule has 0 fully saturated rings. The van der Waals surface area contributed by atoms with Gasteiger partial charge in [-0.1, -0.05) is 0 Å². The van der Waals surface area contributed by atoms with E-state index in [1.54, 1.807) is 0 Å². The standard InChI is InChI=1S/C5H8O2.Cu/c1-4(6)3-5(2)7;/h3,6H,1-2H3;/b4-3+;. The van der Waals surface area contributed by atoms with Crippen LogP contribution in [-0.2, 0) is 21.9 Å². The molecule has 8 heavy (non-hydrogen) atoms. The summed E-state index contributed by atoms with van der Waals surface area (Å²) < 4.78 is 0. The molecule has 51 valence electrons. The summed E-state index contributed by atoms with van der Waals surface area (Å²) in [6.45, 7) is 2.85. The summed E-state index contributed by atoms with van der Waals surface area (Å²) in [5.74, 6) is -0.0625. The summed E-state index contributed by atoms with van der Waals surface area (Å²) >= 11 is 0. The van der Waals surface area contributed by atoms with Gasteiger partial charge in [-0.15, -0.1) is 0 Å². The van der Waals surface area contributed by atoms with Gasteiger partial charge >= 0.3 is 0 Å². The summed E-state index contributed by atoms with van der Waals surface area (Å²) in [5.41, 5.74) is 0. The Morgan fingerprint density at radius 2 is 1.88 bits per heavy atom. The molecule has 3 heteroatoms. The average Bonchev–Trinajstić information content (AvgIpc) is 1.27. The fourth-order valence-corrected chi connectivity index (χ4v) is 0.294. The van der Waals surface area contributed by atoms with Gasteiger partial charge in [0.1, 0.15) is 0 Å². The van der Waals surface area contributed by atoms with Crippen LogP contribution in [0.4, 0.5) is 0 Å². The molecule has 1 radical (unpaired) electrons. The van der Waals surface area contributed by atoms with Crippen LogP contribution in [-0.4, -0.2) is 10.9 Å². The Bertz CT molecular complexity index is 103. The second-order valence-corrected chi connectivity index (χ2v) is 1.40. The second-order valence-electron chi connectivity index (χ2n) is 1.40. The normalized spacial score (nSPS) is 10.0. The predicted octanol–water partition coefficient (Wildman–Crippen LogP) is 1.03. The van der Waals surface area contributed by atoms with E-state index in [2.05, 4.69) is 0 Å². The molecule has 0 saturated heterocycles. The summed E-state index contributed by atoms with van der Waals surface area (Å²) in [6, 6.07) is 0. The number of aliphatic hydroxyl groups is 1. The van der Waals surface area contributed by atoms with Gasteiger partial charge in [-0.3, -0.25) is 4.79 Å². The zero-order valence-corrected chi connectivity index (χ0v) is 5.68. The van der Waals surface area contributed by atoms with Crippen molar-refractivity contribution in [3.63, 3.8) is 0 Å². The Morgan fingerprint density at radius 3 is 1.88 bits per heavy atom. The van der Waals surface area contributed by atoms with Crippen LogP contribution in [0.1, 0.15) is 13.8 Å². The fourth-order valence-electron chi connectivity index (χ4n) is 0.294. The molecule has 2 nitrogen and oxygen atoms in total. The number of rotatable bonds is 1. The SMILES string of the molecule is CC(=O)/C=C(\C)O.[Cu]. The maximum Gasteiger partial charge on any atom is 0.155 e. The van der Waals surface area contributed by atoms with Crippen molar-refractivity contribution in [1.82, 2.24) is 0 Å². The molecule has 0 aromatic rings. The van der Waals surface area contributed by atoms with Gasteiger partial charge in [0.25, 0.3) is 0 Å². The van der Waals surface area contributed by atoms with Crippen molar-refractivity contribution in [1.29, 1.82) is 0 Å². The minimum Gasteiger partial charge on any atom is -0.512 e. The molecule has 0 spiro atoms. The van der Waals surface area contributed by atoms with E-state index in [0.717, 1.165) is 0 Å². The molecule has 0 unspecified atom stereocenters. The van der Waals surface area contributed by atoms with Crippen molar-refractivity contribution in [2.75, 3.05) is 0 Å². The number of aliphatic hydroxyl groups excluding tert-OH is 1. The first kappa shape index (κ1) is 10.7. The van der Waals surface area contributed by atoms with Crippen molar-refractivity contribution >= 4 is 5.78 Å². The van der Waals surface area contributed by atoms with E-state index in [0.29, 0.717) is 0 Å². The van der Waals surface area contributed by atoms with Crippen molar-refractivity contribution in [2.45, 2.75) is 13.8 Å². The van der Waals surface area contributed by atoms with E-state index in [-0.39, 0.29) is 28.6 Å². The van der Waals surface area contributed by atoms with Gasteiger partial charge in [0.15, 0.2) is 5.78 Å². The van der Waals surface area contributed by atoms with Crippen LogP contribution in [0.5, 0.6) is 0 Å². The maximum atomic E-state index is 10.0. The van der Waals surface area contributed by atoms with Crippen molar-refractivity contribution in [3.8, 4) is 0 Å². The number of allylic oxidation sites excluding steroid dienone is 2. The van der Waals surface area contributed by atoms with Crippen molar-refractivity contribution in [2.24, 2.45) is 0 Å². The number of hydrogen-bond donors (Lipinski definition) is 1. The minimum atomic E-state index is -0.125. The molecule has 0 aliphatic carbocycles. The van der Waals surface area contributed by atoms with Gasteiger partial charge in [-0.2, -0.15) is 0 Å². The van der Waals surface area contributed by atoms with Gasteiger partial charge in [0.05, 0.1) is 5.76 Å². The third-order valence-electron chi connectivity index (χ3n) is 0.412.